The zero-order valence-corrected chi connectivity index (χ0v) is 20.1. The molecule has 0 spiro atoms. The fraction of sp³-hybridized carbons (Fsp3) is 0.500. The van der Waals surface area contributed by atoms with E-state index in [1.165, 1.54) is 49.4 Å². The number of rotatable bonds is 4. The third kappa shape index (κ3) is 3.96. The summed E-state index contributed by atoms with van der Waals surface area (Å²) >= 11 is 1.46. The SMILES string of the molecule is O=C(NC1CCCNC1)[C@@H]1Sc2nccc3c2C1NC(=O)N3c1cccc(C2CCCCC2)c1. The van der Waals surface area contributed by atoms with Gasteiger partial charge in [-0.25, -0.2) is 9.78 Å². The van der Waals surface area contributed by atoms with Gasteiger partial charge in [0.05, 0.1) is 17.4 Å². The van der Waals surface area contributed by atoms with Crippen LogP contribution in [0.15, 0.2) is 41.6 Å². The highest BCUT2D eigenvalue weighted by molar-refractivity contribution is 8.01. The molecule has 3 N–H and O–H groups in total. The predicted molar refractivity (Wildman–Crippen MR) is 134 cm³/mol. The summed E-state index contributed by atoms with van der Waals surface area (Å²) in [6.07, 6.45) is 10.1. The normalized spacial score (nSPS) is 26.6. The summed E-state index contributed by atoms with van der Waals surface area (Å²) in [5.74, 6) is 0.538. The lowest BCUT2D eigenvalue weighted by Gasteiger charge is -2.35. The van der Waals surface area contributed by atoms with E-state index >= 15 is 0 Å². The van der Waals surface area contributed by atoms with Gasteiger partial charge in [-0.15, -0.1) is 0 Å². The van der Waals surface area contributed by atoms with E-state index in [0.717, 1.165) is 47.9 Å². The van der Waals surface area contributed by atoms with Crippen LogP contribution >= 0.6 is 11.8 Å². The molecule has 3 amide bonds. The monoisotopic (exact) mass is 477 g/mol. The number of carbonyl (C=O) groups is 2. The van der Waals surface area contributed by atoms with E-state index in [0.29, 0.717) is 5.92 Å². The lowest BCUT2D eigenvalue weighted by Crippen LogP contribution is -2.52. The lowest BCUT2D eigenvalue weighted by molar-refractivity contribution is -0.121. The number of amides is 3. The van der Waals surface area contributed by atoms with Gasteiger partial charge < -0.3 is 16.0 Å². The number of pyridine rings is 1. The van der Waals surface area contributed by atoms with Crippen LogP contribution in [0.25, 0.3) is 0 Å². The summed E-state index contributed by atoms with van der Waals surface area (Å²) in [6.45, 7) is 1.79. The van der Waals surface area contributed by atoms with E-state index in [4.69, 9.17) is 0 Å². The fourth-order valence-electron chi connectivity index (χ4n) is 5.89. The number of urea groups is 1. The zero-order valence-electron chi connectivity index (χ0n) is 19.3. The molecule has 2 fully saturated rings. The van der Waals surface area contributed by atoms with Gasteiger partial charge in [0.1, 0.15) is 10.3 Å². The number of nitrogens with one attached hydrogen (secondary N) is 3. The Labute approximate surface area is 204 Å². The van der Waals surface area contributed by atoms with Crippen molar-refractivity contribution in [2.24, 2.45) is 0 Å². The van der Waals surface area contributed by atoms with Crippen molar-refractivity contribution in [2.75, 3.05) is 18.0 Å². The molecule has 1 aromatic heterocycles. The summed E-state index contributed by atoms with van der Waals surface area (Å²) in [5.41, 5.74) is 3.97. The van der Waals surface area contributed by atoms with Gasteiger partial charge in [-0.3, -0.25) is 9.69 Å². The summed E-state index contributed by atoms with van der Waals surface area (Å²) in [7, 11) is 0. The Balaban J connectivity index is 1.29. The molecule has 3 aliphatic heterocycles. The highest BCUT2D eigenvalue weighted by Gasteiger charge is 2.47. The molecule has 3 atom stereocenters. The maximum absolute atomic E-state index is 13.4. The Morgan fingerprint density at radius 2 is 2.00 bits per heavy atom. The van der Waals surface area contributed by atoms with E-state index in [1.54, 1.807) is 11.1 Å². The number of aromatic nitrogens is 1. The molecule has 2 unspecified atom stereocenters. The van der Waals surface area contributed by atoms with Crippen LogP contribution in [-0.2, 0) is 4.79 Å². The molecule has 1 saturated carbocycles. The van der Waals surface area contributed by atoms with Crippen LogP contribution in [0, 0.1) is 0 Å². The average molecular weight is 478 g/mol. The van der Waals surface area contributed by atoms with Gasteiger partial charge in [0.2, 0.25) is 5.91 Å². The zero-order chi connectivity index (χ0) is 23.1. The van der Waals surface area contributed by atoms with E-state index < -0.39 is 5.25 Å². The van der Waals surface area contributed by atoms with E-state index in [9.17, 15) is 9.59 Å². The molecule has 178 valence electrons. The first-order valence-corrected chi connectivity index (χ1v) is 13.4. The van der Waals surface area contributed by atoms with Gasteiger partial charge in [-0.1, -0.05) is 43.2 Å². The van der Waals surface area contributed by atoms with Gasteiger partial charge in [-0.2, -0.15) is 0 Å². The molecule has 2 aromatic rings. The number of hydrogen-bond donors (Lipinski definition) is 3. The van der Waals surface area contributed by atoms with Gasteiger partial charge in [0.15, 0.2) is 0 Å². The van der Waals surface area contributed by atoms with Gasteiger partial charge in [0.25, 0.3) is 0 Å². The number of thioether (sulfide) groups is 1. The first-order chi connectivity index (χ1) is 16.7. The second kappa shape index (κ2) is 9.23. The van der Waals surface area contributed by atoms with Crippen molar-refractivity contribution < 1.29 is 9.59 Å². The molecule has 34 heavy (non-hydrogen) atoms. The lowest BCUT2D eigenvalue weighted by atomic mass is 9.84. The van der Waals surface area contributed by atoms with Gasteiger partial charge in [0, 0.05) is 24.3 Å². The Morgan fingerprint density at radius 3 is 2.82 bits per heavy atom. The topological polar surface area (TPSA) is 86.4 Å². The molecule has 1 saturated heterocycles. The maximum atomic E-state index is 13.4. The first-order valence-electron chi connectivity index (χ1n) is 12.6. The fourth-order valence-corrected chi connectivity index (χ4v) is 7.13. The molecule has 0 bridgehead atoms. The molecular formula is C26H31N5O2S. The minimum absolute atomic E-state index is 0.0271. The molecular weight excluding hydrogens is 446 g/mol. The maximum Gasteiger partial charge on any atom is 0.327 e. The number of benzene rings is 1. The molecule has 1 aliphatic carbocycles. The molecule has 8 heteroatoms. The number of hydrogen-bond acceptors (Lipinski definition) is 5. The number of piperidine rings is 1. The number of anilines is 2. The standard InChI is InChI=1S/C26H31N5O2S/c32-24(29-18-9-5-12-27-15-18)23-22-21-20(11-13-28-25(21)34-23)31(26(33)30-22)19-10-4-8-17(14-19)16-6-2-1-3-7-16/h4,8,10-11,13-14,16,18,22-23,27H,1-3,5-7,9,12,15H2,(H,29,32)(H,30,33)/t18?,22?,23-/m1/s1. The summed E-state index contributed by atoms with van der Waals surface area (Å²) in [4.78, 5) is 33.0. The largest absolute Gasteiger partial charge is 0.351 e. The Bertz CT molecular complexity index is 1100. The van der Waals surface area contributed by atoms with Gasteiger partial charge in [-0.05, 0) is 61.9 Å². The Kier molecular flexibility index (Phi) is 5.95. The van der Waals surface area contributed by atoms with E-state index in [2.05, 4.69) is 39.1 Å². The van der Waals surface area contributed by atoms with Crippen molar-refractivity contribution in [3.63, 3.8) is 0 Å². The highest BCUT2D eigenvalue weighted by atomic mass is 32.2. The molecule has 4 heterocycles. The third-order valence-electron chi connectivity index (χ3n) is 7.61. The number of nitrogens with zero attached hydrogens (tertiary/aromatic N) is 2. The minimum Gasteiger partial charge on any atom is -0.351 e. The van der Waals surface area contributed by atoms with Crippen LogP contribution in [0.2, 0.25) is 0 Å². The second-order valence-electron chi connectivity index (χ2n) is 9.83. The van der Waals surface area contributed by atoms with Crippen molar-refractivity contribution >= 4 is 35.1 Å². The Hall–Kier alpha value is -2.58. The van der Waals surface area contributed by atoms with Crippen LogP contribution in [0.4, 0.5) is 16.2 Å². The first kappa shape index (κ1) is 21.9. The summed E-state index contributed by atoms with van der Waals surface area (Å²) in [5, 5.41) is 10.1. The van der Waals surface area contributed by atoms with Crippen molar-refractivity contribution in [3.8, 4) is 0 Å². The van der Waals surface area contributed by atoms with Crippen LogP contribution in [0.1, 0.15) is 68.0 Å². The van der Waals surface area contributed by atoms with Crippen LogP contribution < -0.4 is 20.9 Å². The van der Waals surface area contributed by atoms with Crippen LogP contribution in [0.5, 0.6) is 0 Å². The smallest absolute Gasteiger partial charge is 0.327 e. The quantitative estimate of drug-likeness (QED) is 0.609. The number of carbonyl (C=O) groups excluding carboxylic acids is 2. The second-order valence-corrected chi connectivity index (χ2v) is 11.0. The molecule has 1 aromatic carbocycles. The van der Waals surface area contributed by atoms with Crippen molar-refractivity contribution in [1.29, 1.82) is 0 Å². The highest BCUT2D eigenvalue weighted by Crippen LogP contribution is 2.50. The molecule has 7 nitrogen and oxygen atoms in total. The summed E-state index contributed by atoms with van der Waals surface area (Å²) < 4.78 is 0. The molecule has 0 radical (unpaired) electrons. The Morgan fingerprint density at radius 1 is 1.12 bits per heavy atom. The van der Waals surface area contributed by atoms with Gasteiger partial charge >= 0.3 is 6.03 Å². The van der Waals surface area contributed by atoms with E-state index in [-0.39, 0.29) is 24.0 Å². The summed E-state index contributed by atoms with van der Waals surface area (Å²) in [6, 6.07) is 9.91. The van der Waals surface area contributed by atoms with Crippen molar-refractivity contribution in [1.82, 2.24) is 20.9 Å². The molecule has 6 rings (SSSR count). The minimum atomic E-state index is -0.412. The predicted octanol–water partition coefficient (Wildman–Crippen LogP) is 4.37. The van der Waals surface area contributed by atoms with E-state index in [1.807, 2.05) is 12.1 Å². The van der Waals surface area contributed by atoms with Crippen LogP contribution in [0.3, 0.4) is 0 Å². The molecule has 4 aliphatic rings. The third-order valence-corrected chi connectivity index (χ3v) is 8.90. The average Bonchev–Trinajstić information content (AvgIpc) is 3.25. The van der Waals surface area contributed by atoms with Crippen LogP contribution in [-0.4, -0.2) is 41.3 Å². The van der Waals surface area contributed by atoms with Crippen molar-refractivity contribution in [2.45, 2.75) is 73.2 Å². The van der Waals surface area contributed by atoms with Crippen molar-refractivity contribution in [3.05, 3.63) is 47.7 Å².